The van der Waals surface area contributed by atoms with E-state index in [0.29, 0.717) is 17.7 Å². The third kappa shape index (κ3) is 4.70. The quantitative estimate of drug-likeness (QED) is 0.746. The molecule has 6 nitrogen and oxygen atoms in total. The minimum Gasteiger partial charge on any atom is -0.497 e. The van der Waals surface area contributed by atoms with Gasteiger partial charge in [0.05, 0.1) is 25.8 Å². The van der Waals surface area contributed by atoms with Crippen molar-refractivity contribution in [2.45, 2.75) is 18.9 Å². The van der Waals surface area contributed by atoms with Crippen LogP contribution in [0.5, 0.6) is 5.75 Å². The van der Waals surface area contributed by atoms with Gasteiger partial charge in [-0.2, -0.15) is 0 Å². The molecule has 1 amide bonds. The van der Waals surface area contributed by atoms with E-state index in [1.165, 1.54) is 20.0 Å². The van der Waals surface area contributed by atoms with Crippen molar-refractivity contribution >= 4 is 11.9 Å². The number of nitrogens with zero attached hydrogens (tertiary/aromatic N) is 1. The fraction of sp³-hybridized carbons (Fsp3) is 0.364. The summed E-state index contributed by atoms with van der Waals surface area (Å²) in [6, 6.07) is 14.6. The van der Waals surface area contributed by atoms with Crippen molar-refractivity contribution in [3.05, 3.63) is 65.2 Å². The second kappa shape index (κ2) is 9.37. The van der Waals surface area contributed by atoms with Crippen molar-refractivity contribution in [2.24, 2.45) is 0 Å². The zero-order valence-electron chi connectivity index (χ0n) is 16.3. The highest BCUT2D eigenvalue weighted by Crippen LogP contribution is 2.27. The number of likely N-dealkylation sites (tertiary alicyclic amines) is 1. The van der Waals surface area contributed by atoms with Crippen LogP contribution >= 0.6 is 0 Å². The average Bonchev–Trinajstić information content (AvgIpc) is 3.28. The molecule has 1 aliphatic rings. The molecule has 28 heavy (non-hydrogen) atoms. The van der Waals surface area contributed by atoms with Crippen LogP contribution in [0.25, 0.3) is 0 Å². The molecule has 0 spiro atoms. The van der Waals surface area contributed by atoms with E-state index in [4.69, 9.17) is 4.74 Å². The Morgan fingerprint density at radius 3 is 2.36 bits per heavy atom. The number of rotatable bonds is 7. The third-order valence-corrected chi connectivity index (χ3v) is 5.08. The van der Waals surface area contributed by atoms with Crippen LogP contribution in [0.1, 0.15) is 45.2 Å². The van der Waals surface area contributed by atoms with Gasteiger partial charge in [-0.3, -0.25) is 9.69 Å². The van der Waals surface area contributed by atoms with Gasteiger partial charge >= 0.3 is 5.97 Å². The van der Waals surface area contributed by atoms with Crippen LogP contribution in [-0.2, 0) is 4.74 Å². The van der Waals surface area contributed by atoms with Gasteiger partial charge in [-0.25, -0.2) is 4.79 Å². The molecular weight excluding hydrogens is 356 g/mol. The van der Waals surface area contributed by atoms with Crippen molar-refractivity contribution in [2.75, 3.05) is 33.9 Å². The van der Waals surface area contributed by atoms with Gasteiger partial charge in [0.25, 0.3) is 5.91 Å². The number of ether oxygens (including phenoxy) is 2. The predicted octanol–water partition coefficient (Wildman–Crippen LogP) is 3.05. The lowest BCUT2D eigenvalue weighted by Crippen LogP contribution is -2.36. The van der Waals surface area contributed by atoms with Crippen molar-refractivity contribution in [3.63, 3.8) is 0 Å². The minimum absolute atomic E-state index is 0.0934. The lowest BCUT2D eigenvalue weighted by atomic mass is 10.0. The van der Waals surface area contributed by atoms with E-state index in [-0.39, 0.29) is 11.9 Å². The van der Waals surface area contributed by atoms with Crippen molar-refractivity contribution in [1.82, 2.24) is 10.2 Å². The number of carbonyl (C=O) groups is 2. The van der Waals surface area contributed by atoms with Gasteiger partial charge in [-0.15, -0.1) is 0 Å². The molecule has 1 atom stereocenters. The van der Waals surface area contributed by atoms with Gasteiger partial charge in [0.1, 0.15) is 5.75 Å². The Morgan fingerprint density at radius 1 is 1.04 bits per heavy atom. The Kier molecular flexibility index (Phi) is 6.66. The second-order valence-corrected chi connectivity index (χ2v) is 6.81. The van der Waals surface area contributed by atoms with E-state index >= 15 is 0 Å². The molecule has 1 aliphatic heterocycles. The fourth-order valence-corrected chi connectivity index (χ4v) is 3.53. The van der Waals surface area contributed by atoms with Crippen LogP contribution in [0.4, 0.5) is 0 Å². The molecular formula is C22H26N2O4. The molecule has 3 rings (SSSR count). The Morgan fingerprint density at radius 2 is 1.71 bits per heavy atom. The average molecular weight is 382 g/mol. The predicted molar refractivity (Wildman–Crippen MR) is 107 cm³/mol. The van der Waals surface area contributed by atoms with E-state index < -0.39 is 5.97 Å². The summed E-state index contributed by atoms with van der Waals surface area (Å²) < 4.78 is 10.0. The molecule has 1 saturated heterocycles. The third-order valence-electron chi connectivity index (χ3n) is 5.08. The standard InChI is InChI=1S/C22H26N2O4/c1-27-19-7-5-6-18(14-19)20(24-12-3-4-13-24)15-23-21(25)16-8-10-17(11-9-16)22(26)28-2/h5-11,14,20H,3-4,12-13,15H2,1-2H3,(H,23,25). The van der Waals surface area contributed by atoms with E-state index in [9.17, 15) is 9.59 Å². The molecule has 0 aromatic heterocycles. The van der Waals surface area contributed by atoms with Crippen molar-refractivity contribution in [1.29, 1.82) is 0 Å². The van der Waals surface area contributed by atoms with Crippen LogP contribution in [0.15, 0.2) is 48.5 Å². The smallest absolute Gasteiger partial charge is 0.337 e. The van der Waals surface area contributed by atoms with E-state index in [0.717, 1.165) is 24.4 Å². The number of hydrogen-bond acceptors (Lipinski definition) is 5. The lowest BCUT2D eigenvalue weighted by Gasteiger charge is -2.28. The molecule has 2 aromatic rings. The summed E-state index contributed by atoms with van der Waals surface area (Å²) in [7, 11) is 2.99. The summed E-state index contributed by atoms with van der Waals surface area (Å²) in [5, 5.41) is 3.04. The molecule has 0 bridgehead atoms. The zero-order chi connectivity index (χ0) is 19.9. The Labute approximate surface area is 165 Å². The molecule has 0 saturated carbocycles. The summed E-state index contributed by atoms with van der Waals surface area (Å²) in [5.41, 5.74) is 2.06. The maximum absolute atomic E-state index is 12.6. The number of methoxy groups -OCH3 is 2. The first kappa shape index (κ1) is 19.9. The highest BCUT2D eigenvalue weighted by Gasteiger charge is 2.24. The molecule has 0 radical (unpaired) electrons. The van der Waals surface area contributed by atoms with Crippen LogP contribution in [0, 0.1) is 0 Å². The van der Waals surface area contributed by atoms with E-state index in [2.05, 4.69) is 21.0 Å². The Bertz CT molecular complexity index is 814. The van der Waals surface area contributed by atoms with Gasteiger partial charge in [0, 0.05) is 12.1 Å². The molecule has 6 heteroatoms. The zero-order valence-corrected chi connectivity index (χ0v) is 16.3. The number of carbonyl (C=O) groups excluding carboxylic acids is 2. The summed E-state index contributed by atoms with van der Waals surface area (Å²) >= 11 is 0. The Hall–Kier alpha value is -2.86. The summed E-state index contributed by atoms with van der Waals surface area (Å²) in [6.45, 7) is 2.54. The van der Waals surface area contributed by atoms with Crippen molar-refractivity contribution in [3.8, 4) is 5.75 Å². The first-order valence-corrected chi connectivity index (χ1v) is 9.47. The number of amides is 1. The number of esters is 1. The van der Waals surface area contributed by atoms with Gasteiger partial charge < -0.3 is 14.8 Å². The summed E-state index contributed by atoms with van der Waals surface area (Å²) in [6.07, 6.45) is 2.34. The van der Waals surface area contributed by atoms with Gasteiger partial charge in [0.15, 0.2) is 0 Å². The molecule has 1 unspecified atom stereocenters. The molecule has 148 valence electrons. The molecule has 0 aliphatic carbocycles. The SMILES string of the molecule is COC(=O)c1ccc(C(=O)NCC(c2cccc(OC)c2)N2CCCC2)cc1. The van der Waals surface area contributed by atoms with Crippen LogP contribution in [0.2, 0.25) is 0 Å². The number of hydrogen-bond donors (Lipinski definition) is 1. The molecule has 1 heterocycles. The maximum Gasteiger partial charge on any atom is 0.337 e. The van der Waals surface area contributed by atoms with Gasteiger partial charge in [-0.1, -0.05) is 12.1 Å². The monoisotopic (exact) mass is 382 g/mol. The first-order valence-electron chi connectivity index (χ1n) is 9.47. The maximum atomic E-state index is 12.6. The highest BCUT2D eigenvalue weighted by atomic mass is 16.5. The number of nitrogens with one attached hydrogen (secondary N) is 1. The molecule has 2 aromatic carbocycles. The lowest BCUT2D eigenvalue weighted by molar-refractivity contribution is 0.0600. The van der Waals surface area contributed by atoms with Crippen molar-refractivity contribution < 1.29 is 19.1 Å². The minimum atomic E-state index is -0.418. The van der Waals surface area contributed by atoms with Crippen LogP contribution < -0.4 is 10.1 Å². The highest BCUT2D eigenvalue weighted by molar-refractivity contribution is 5.96. The van der Waals surface area contributed by atoms with Gasteiger partial charge in [0.2, 0.25) is 0 Å². The molecule has 1 N–H and O–H groups in total. The van der Waals surface area contributed by atoms with Crippen LogP contribution in [0.3, 0.4) is 0 Å². The summed E-state index contributed by atoms with van der Waals surface area (Å²) in [5.74, 6) is 0.231. The topological polar surface area (TPSA) is 67.9 Å². The number of benzene rings is 2. The van der Waals surface area contributed by atoms with Gasteiger partial charge in [-0.05, 0) is 67.9 Å². The van der Waals surface area contributed by atoms with E-state index in [1.807, 2.05) is 18.2 Å². The normalized spacial score (nSPS) is 15.1. The summed E-state index contributed by atoms with van der Waals surface area (Å²) in [4.78, 5) is 26.5. The van der Waals surface area contributed by atoms with E-state index in [1.54, 1.807) is 31.4 Å². The first-order chi connectivity index (χ1) is 13.6. The van der Waals surface area contributed by atoms with Crippen LogP contribution in [-0.4, -0.2) is 50.6 Å². The fourth-order valence-electron chi connectivity index (χ4n) is 3.53. The molecule has 1 fully saturated rings. The largest absolute Gasteiger partial charge is 0.497 e. The Balaban J connectivity index is 1.70. The second-order valence-electron chi connectivity index (χ2n) is 6.81.